The standard InChI is InChI=1S/C3H7FN2.C2H6/c1-6-3(4)2-5;1-2/h2,6H,5H2,1H3;1-2H3/b3-2-;. The minimum Gasteiger partial charge on any atom is -0.401 e. The van der Waals surface area contributed by atoms with Crippen LogP contribution in [0.25, 0.3) is 0 Å². The number of rotatable bonds is 1. The van der Waals surface area contributed by atoms with Crippen LogP contribution in [-0.2, 0) is 0 Å². The van der Waals surface area contributed by atoms with E-state index in [1.54, 1.807) is 0 Å². The van der Waals surface area contributed by atoms with Crippen LogP contribution in [0.15, 0.2) is 12.2 Å². The summed E-state index contributed by atoms with van der Waals surface area (Å²) in [5.41, 5.74) is 4.68. The largest absolute Gasteiger partial charge is 0.401 e. The van der Waals surface area contributed by atoms with Gasteiger partial charge in [0.15, 0.2) is 0 Å². The molecule has 0 heterocycles. The van der Waals surface area contributed by atoms with E-state index in [0.29, 0.717) is 0 Å². The van der Waals surface area contributed by atoms with Crippen LogP contribution in [0, 0.1) is 0 Å². The molecule has 0 aromatic carbocycles. The van der Waals surface area contributed by atoms with Crippen LogP contribution in [-0.4, -0.2) is 7.05 Å². The molecule has 2 nitrogen and oxygen atoms in total. The predicted octanol–water partition coefficient (Wildman–Crippen LogP) is 0.959. The quantitative estimate of drug-likeness (QED) is 0.506. The lowest BCUT2D eigenvalue weighted by atomic mass is 10.9. The fraction of sp³-hybridized carbons (Fsp3) is 0.600. The van der Waals surface area contributed by atoms with Crippen LogP contribution in [0.1, 0.15) is 13.8 Å². The molecule has 0 aliphatic rings. The van der Waals surface area contributed by atoms with E-state index in [2.05, 4.69) is 11.1 Å². The second kappa shape index (κ2) is 9.55. The van der Waals surface area contributed by atoms with Crippen LogP contribution in [0.3, 0.4) is 0 Å². The molecule has 0 aliphatic heterocycles. The molecule has 0 amide bonds. The summed E-state index contributed by atoms with van der Waals surface area (Å²) in [6, 6.07) is 0. The highest BCUT2D eigenvalue weighted by atomic mass is 19.1. The monoisotopic (exact) mass is 120 g/mol. The van der Waals surface area contributed by atoms with Gasteiger partial charge in [0, 0.05) is 13.2 Å². The normalized spacial score (nSPS) is 9.25. The summed E-state index contributed by atoms with van der Waals surface area (Å²) in [4.78, 5) is 0. The Morgan fingerprint density at radius 2 is 2.00 bits per heavy atom. The van der Waals surface area contributed by atoms with Crippen molar-refractivity contribution in [3.8, 4) is 0 Å². The molecule has 3 heteroatoms. The van der Waals surface area contributed by atoms with E-state index in [1.165, 1.54) is 7.05 Å². The first-order valence-electron chi connectivity index (χ1n) is 2.56. The minimum absolute atomic E-state index is 0.505. The Morgan fingerprint density at radius 1 is 1.62 bits per heavy atom. The Labute approximate surface area is 49.6 Å². The maximum Gasteiger partial charge on any atom is 0.202 e. The second-order valence-electron chi connectivity index (χ2n) is 0.765. The van der Waals surface area contributed by atoms with Crippen molar-refractivity contribution in [2.45, 2.75) is 13.8 Å². The van der Waals surface area contributed by atoms with Gasteiger partial charge in [0.25, 0.3) is 0 Å². The molecule has 0 fully saturated rings. The molecule has 0 bridgehead atoms. The van der Waals surface area contributed by atoms with Gasteiger partial charge in [-0.15, -0.1) is 0 Å². The third-order valence-electron chi connectivity index (χ3n) is 0.385. The van der Waals surface area contributed by atoms with E-state index >= 15 is 0 Å². The summed E-state index contributed by atoms with van der Waals surface area (Å²) in [5, 5.41) is 2.18. The van der Waals surface area contributed by atoms with Crippen LogP contribution in [0.5, 0.6) is 0 Å². The molecular formula is C5H13FN2. The Balaban J connectivity index is 0. The summed E-state index contributed by atoms with van der Waals surface area (Å²) >= 11 is 0. The maximum atomic E-state index is 11.5. The molecule has 0 rings (SSSR count). The van der Waals surface area contributed by atoms with E-state index in [0.717, 1.165) is 6.20 Å². The molecule has 0 aromatic heterocycles. The lowest BCUT2D eigenvalue weighted by Crippen LogP contribution is -2.01. The molecule has 0 aromatic rings. The van der Waals surface area contributed by atoms with Gasteiger partial charge in [0.1, 0.15) is 0 Å². The van der Waals surface area contributed by atoms with Crippen molar-refractivity contribution < 1.29 is 4.39 Å². The molecular weight excluding hydrogens is 107 g/mol. The Morgan fingerprint density at radius 3 is 2.00 bits per heavy atom. The zero-order valence-electron chi connectivity index (χ0n) is 5.53. The molecule has 3 N–H and O–H groups in total. The van der Waals surface area contributed by atoms with Crippen LogP contribution in [0.4, 0.5) is 4.39 Å². The van der Waals surface area contributed by atoms with E-state index in [4.69, 9.17) is 0 Å². The Kier molecular flexibility index (Phi) is 12.3. The first-order valence-corrected chi connectivity index (χ1v) is 2.56. The van der Waals surface area contributed by atoms with Gasteiger partial charge in [-0.25, -0.2) is 0 Å². The smallest absolute Gasteiger partial charge is 0.202 e. The fourth-order valence-electron chi connectivity index (χ4n) is 0.0833. The van der Waals surface area contributed by atoms with Gasteiger partial charge in [0.05, 0.1) is 0 Å². The first-order chi connectivity index (χ1) is 3.81. The summed E-state index contributed by atoms with van der Waals surface area (Å²) in [5.74, 6) is -0.505. The van der Waals surface area contributed by atoms with Crippen LogP contribution >= 0.6 is 0 Å². The van der Waals surface area contributed by atoms with Gasteiger partial charge in [-0.05, 0) is 0 Å². The highest BCUT2D eigenvalue weighted by molar-refractivity contribution is 4.81. The number of hydrogen-bond donors (Lipinski definition) is 2. The molecule has 0 unspecified atom stereocenters. The lowest BCUT2D eigenvalue weighted by molar-refractivity contribution is 0.570. The van der Waals surface area contributed by atoms with Gasteiger partial charge in [0.2, 0.25) is 5.95 Å². The molecule has 50 valence electrons. The van der Waals surface area contributed by atoms with Gasteiger partial charge < -0.3 is 11.1 Å². The second-order valence-corrected chi connectivity index (χ2v) is 0.765. The highest BCUT2D eigenvalue weighted by Crippen LogP contribution is 1.79. The summed E-state index contributed by atoms with van der Waals surface area (Å²) in [6.07, 6.45) is 0.861. The van der Waals surface area contributed by atoms with Gasteiger partial charge in [-0.3, -0.25) is 0 Å². The third-order valence-corrected chi connectivity index (χ3v) is 0.385. The first kappa shape index (κ1) is 10.3. The van der Waals surface area contributed by atoms with E-state index in [9.17, 15) is 4.39 Å². The number of hydrogen-bond acceptors (Lipinski definition) is 2. The zero-order valence-corrected chi connectivity index (χ0v) is 5.53. The van der Waals surface area contributed by atoms with E-state index in [1.807, 2.05) is 13.8 Å². The van der Waals surface area contributed by atoms with Crippen molar-refractivity contribution >= 4 is 0 Å². The van der Waals surface area contributed by atoms with Gasteiger partial charge in [-0.2, -0.15) is 4.39 Å². The lowest BCUT2D eigenvalue weighted by Gasteiger charge is -1.85. The number of nitrogens with one attached hydrogen (secondary N) is 1. The summed E-state index contributed by atoms with van der Waals surface area (Å²) in [7, 11) is 1.46. The number of halogens is 1. The molecule has 0 radical (unpaired) electrons. The summed E-state index contributed by atoms with van der Waals surface area (Å²) in [6.45, 7) is 4.00. The third kappa shape index (κ3) is 8.99. The van der Waals surface area contributed by atoms with Crippen LogP contribution < -0.4 is 11.1 Å². The molecule has 0 aliphatic carbocycles. The van der Waals surface area contributed by atoms with Crippen molar-refractivity contribution in [3.05, 3.63) is 12.2 Å². The minimum atomic E-state index is -0.505. The molecule has 0 atom stereocenters. The predicted molar refractivity (Wildman–Crippen MR) is 33.8 cm³/mol. The van der Waals surface area contributed by atoms with E-state index < -0.39 is 5.95 Å². The average molecular weight is 120 g/mol. The Hall–Kier alpha value is -0.730. The van der Waals surface area contributed by atoms with Crippen molar-refractivity contribution in [2.24, 2.45) is 5.73 Å². The van der Waals surface area contributed by atoms with Crippen molar-refractivity contribution in [3.63, 3.8) is 0 Å². The van der Waals surface area contributed by atoms with Crippen LogP contribution in [0.2, 0.25) is 0 Å². The fourth-order valence-corrected chi connectivity index (χ4v) is 0.0833. The summed E-state index contributed by atoms with van der Waals surface area (Å²) < 4.78 is 11.5. The molecule has 8 heavy (non-hydrogen) atoms. The SMILES string of the molecule is CC.CN/C(F)=C\N. The maximum absolute atomic E-state index is 11.5. The highest BCUT2D eigenvalue weighted by Gasteiger charge is 1.76. The average Bonchev–Trinajstić information content (AvgIpc) is 1.91. The van der Waals surface area contributed by atoms with Crippen molar-refractivity contribution in [1.82, 2.24) is 5.32 Å². The van der Waals surface area contributed by atoms with E-state index in [-0.39, 0.29) is 0 Å². The molecule has 0 saturated carbocycles. The van der Waals surface area contributed by atoms with Crippen molar-refractivity contribution in [2.75, 3.05) is 7.05 Å². The van der Waals surface area contributed by atoms with Crippen molar-refractivity contribution in [1.29, 1.82) is 0 Å². The zero-order chi connectivity index (χ0) is 6.99. The molecule has 0 spiro atoms. The van der Waals surface area contributed by atoms with Gasteiger partial charge in [-0.1, -0.05) is 13.8 Å². The molecule has 0 saturated heterocycles. The van der Waals surface area contributed by atoms with Gasteiger partial charge >= 0.3 is 0 Å². The topological polar surface area (TPSA) is 38.0 Å². The number of nitrogens with two attached hydrogens (primary N) is 1. The Bertz CT molecular complexity index is 61.4.